The van der Waals surface area contributed by atoms with Gasteiger partial charge in [0.25, 0.3) is 0 Å². The van der Waals surface area contributed by atoms with Gasteiger partial charge in [-0.1, -0.05) is 92.7 Å². The van der Waals surface area contributed by atoms with E-state index in [1.165, 1.54) is 50.1 Å². The van der Waals surface area contributed by atoms with Gasteiger partial charge in [0, 0.05) is 56.3 Å². The predicted octanol–water partition coefficient (Wildman–Crippen LogP) is 12.6. The van der Waals surface area contributed by atoms with Crippen molar-refractivity contribution in [2.24, 2.45) is 16.2 Å². The lowest BCUT2D eigenvalue weighted by Crippen LogP contribution is -2.32. The molecule has 4 aromatic heterocycles. The third-order valence-corrected chi connectivity index (χ3v) is 17.4. The fourth-order valence-electron chi connectivity index (χ4n) is 13.2. The Bertz CT molecular complexity index is 3090. The van der Waals surface area contributed by atoms with Gasteiger partial charge in [0.2, 0.25) is 0 Å². The van der Waals surface area contributed by atoms with E-state index >= 15 is 0 Å². The molecule has 4 heterocycles. The summed E-state index contributed by atoms with van der Waals surface area (Å²) in [7, 11) is 0. The van der Waals surface area contributed by atoms with Crippen LogP contribution in [0.3, 0.4) is 0 Å². The molecule has 0 aliphatic heterocycles. The monoisotopic (exact) mass is 786 g/mol. The SMILES string of the molecule is C/C=C(\C=C/Cc1sc(C2CCC(c3nc4ccccc4n3-c3ccccc3)CC2)c2nc3c(nc12)C1C2(C)C14C3C[C@@]24C)c1nc2ccccc2n1-c1ccccc1. The van der Waals surface area contributed by atoms with E-state index in [9.17, 15) is 0 Å². The largest absolute Gasteiger partial charge is 0.296 e. The highest BCUT2D eigenvalue weighted by Crippen LogP contribution is 3.15. The number of imidazole rings is 2. The molecule has 59 heavy (non-hydrogen) atoms. The molecule has 1 spiro atoms. The van der Waals surface area contributed by atoms with E-state index in [4.69, 9.17) is 19.9 Å². The van der Waals surface area contributed by atoms with Crippen molar-refractivity contribution >= 4 is 50.0 Å². The molecule has 4 saturated carbocycles. The highest BCUT2D eigenvalue weighted by atomic mass is 32.1. The predicted molar refractivity (Wildman–Crippen MR) is 239 cm³/mol. The summed E-state index contributed by atoms with van der Waals surface area (Å²) in [5.74, 6) is 4.26. The molecule has 5 aliphatic carbocycles. The van der Waals surface area contributed by atoms with E-state index < -0.39 is 0 Å². The molecule has 4 unspecified atom stereocenters. The quantitative estimate of drug-likeness (QED) is 0.144. The second kappa shape index (κ2) is 12.0. The van der Waals surface area contributed by atoms with Crippen LogP contribution >= 0.6 is 11.3 Å². The lowest BCUT2D eigenvalue weighted by Gasteiger charge is -2.40. The molecular weight excluding hydrogens is 741 g/mol. The molecule has 8 aromatic rings. The Morgan fingerprint density at radius 2 is 1.31 bits per heavy atom. The van der Waals surface area contributed by atoms with Gasteiger partial charge in [-0.2, -0.15) is 0 Å². The van der Waals surface area contributed by atoms with E-state index in [0.29, 0.717) is 39.9 Å². The lowest BCUT2D eigenvalue weighted by molar-refractivity contribution is 0.123. The van der Waals surface area contributed by atoms with Crippen LogP contribution in [-0.4, -0.2) is 29.1 Å². The minimum absolute atomic E-state index is 0.411. The van der Waals surface area contributed by atoms with Crippen LogP contribution in [0.15, 0.2) is 127 Å². The van der Waals surface area contributed by atoms with Crippen molar-refractivity contribution in [3.05, 3.63) is 160 Å². The molecule has 5 atom stereocenters. The van der Waals surface area contributed by atoms with Gasteiger partial charge in [0.15, 0.2) is 0 Å². The van der Waals surface area contributed by atoms with Crippen LogP contribution in [0.1, 0.15) is 109 Å². The fourth-order valence-corrected chi connectivity index (χ4v) is 14.6. The van der Waals surface area contributed by atoms with Crippen LogP contribution in [0.2, 0.25) is 0 Å². The third kappa shape index (κ3) is 4.27. The number of para-hydroxylation sites is 6. The Morgan fingerprint density at radius 3 is 2.00 bits per heavy atom. The first-order valence-corrected chi connectivity index (χ1v) is 22.5. The molecule has 6 nitrogen and oxygen atoms in total. The molecule has 0 amide bonds. The van der Waals surface area contributed by atoms with Crippen molar-refractivity contribution in [3.63, 3.8) is 0 Å². The summed E-state index contributed by atoms with van der Waals surface area (Å²) in [6, 6.07) is 38.4. The molecule has 5 aliphatic rings. The van der Waals surface area contributed by atoms with E-state index in [0.717, 1.165) is 71.3 Å². The van der Waals surface area contributed by atoms with Gasteiger partial charge in [-0.25, -0.2) is 19.9 Å². The summed E-state index contributed by atoms with van der Waals surface area (Å²) in [6.45, 7) is 7.20. The zero-order chi connectivity index (χ0) is 39.3. The van der Waals surface area contributed by atoms with Crippen LogP contribution in [0, 0.1) is 16.2 Å². The topological polar surface area (TPSA) is 61.4 Å². The minimum atomic E-state index is 0.411. The maximum absolute atomic E-state index is 5.70. The molecule has 7 heteroatoms. The number of nitrogens with zero attached hydrogens (tertiary/aromatic N) is 6. The summed E-state index contributed by atoms with van der Waals surface area (Å²) < 4.78 is 4.70. The Morgan fingerprint density at radius 1 is 0.695 bits per heavy atom. The fraction of sp³-hybridized carbons (Fsp3) is 0.308. The van der Waals surface area contributed by atoms with Crippen LogP contribution in [-0.2, 0) is 6.42 Å². The van der Waals surface area contributed by atoms with Gasteiger partial charge < -0.3 is 0 Å². The summed E-state index contributed by atoms with van der Waals surface area (Å²) in [5.41, 5.74) is 14.2. The second-order valence-corrected chi connectivity index (χ2v) is 19.4. The molecule has 0 radical (unpaired) electrons. The van der Waals surface area contributed by atoms with Gasteiger partial charge in [-0.05, 0) is 104 Å². The number of rotatable bonds is 8. The summed E-state index contributed by atoms with van der Waals surface area (Å²) in [4.78, 5) is 24.7. The lowest BCUT2D eigenvalue weighted by atomic mass is 9.63. The molecule has 0 saturated heterocycles. The Kier molecular flexibility index (Phi) is 6.95. The number of aromatic nitrogens is 6. The maximum Gasteiger partial charge on any atom is 0.145 e. The van der Waals surface area contributed by atoms with Crippen molar-refractivity contribution in [1.29, 1.82) is 0 Å². The molecule has 4 fully saturated rings. The highest BCUT2D eigenvalue weighted by molar-refractivity contribution is 7.13. The summed E-state index contributed by atoms with van der Waals surface area (Å²) in [6.07, 6.45) is 13.4. The van der Waals surface area contributed by atoms with Crippen molar-refractivity contribution in [2.45, 2.75) is 83.0 Å². The van der Waals surface area contributed by atoms with Crippen LogP contribution in [0.5, 0.6) is 0 Å². The first-order chi connectivity index (χ1) is 29.0. The smallest absolute Gasteiger partial charge is 0.145 e. The number of benzene rings is 4. The van der Waals surface area contributed by atoms with Crippen LogP contribution in [0.4, 0.5) is 0 Å². The number of allylic oxidation sites excluding steroid dienone is 4. The Balaban J connectivity index is 0.847. The second-order valence-electron chi connectivity index (χ2n) is 18.3. The van der Waals surface area contributed by atoms with Crippen molar-refractivity contribution in [1.82, 2.24) is 29.1 Å². The average molecular weight is 787 g/mol. The first kappa shape index (κ1) is 34.2. The molecular formula is C52H46N6S. The average Bonchev–Trinajstić information content (AvgIpc) is 3.60. The van der Waals surface area contributed by atoms with E-state index in [2.05, 4.69) is 157 Å². The maximum atomic E-state index is 5.70. The molecule has 0 bridgehead atoms. The minimum Gasteiger partial charge on any atom is -0.296 e. The zero-order valence-corrected chi connectivity index (χ0v) is 34.6. The van der Waals surface area contributed by atoms with E-state index in [-0.39, 0.29) is 0 Å². The van der Waals surface area contributed by atoms with Crippen molar-refractivity contribution in [3.8, 4) is 11.4 Å². The normalized spacial score (nSPS) is 28.9. The number of hydrogen-bond donors (Lipinski definition) is 0. The van der Waals surface area contributed by atoms with Gasteiger partial charge >= 0.3 is 0 Å². The van der Waals surface area contributed by atoms with E-state index in [1.54, 1.807) is 0 Å². The summed E-state index contributed by atoms with van der Waals surface area (Å²) >= 11 is 1.99. The van der Waals surface area contributed by atoms with Crippen LogP contribution < -0.4 is 0 Å². The van der Waals surface area contributed by atoms with Gasteiger partial charge in [-0.3, -0.25) is 9.13 Å². The van der Waals surface area contributed by atoms with Crippen molar-refractivity contribution < 1.29 is 0 Å². The van der Waals surface area contributed by atoms with Gasteiger partial charge in [0.1, 0.15) is 22.7 Å². The zero-order valence-electron chi connectivity index (χ0n) is 33.8. The van der Waals surface area contributed by atoms with Crippen LogP contribution in [0.25, 0.3) is 50.0 Å². The van der Waals surface area contributed by atoms with Gasteiger partial charge in [0.05, 0.1) is 33.5 Å². The first-order valence-electron chi connectivity index (χ1n) is 21.7. The summed E-state index contributed by atoms with van der Waals surface area (Å²) in [5, 5.41) is 0. The highest BCUT2D eigenvalue weighted by Gasteiger charge is 3.10. The standard InChI is InChI=1S/C52H46N6S/c1-4-31(48-53-37-21-11-13-23-39(37)57(48)34-17-7-5-8-18-34)16-15-25-41-43-44(55-42-36-30-50(2)51(3)47(45(42)56-43)52(36,50)51)46(59-41)32-26-28-33(29-27-32)49-54-38-22-12-14-24-40(38)58(49)35-19-9-6-10-20-35/h4-24,32-33,36,47H,25-30H2,1-3H3/b16-15-,31-4+/t32?,33?,36?,47?,50-,51?,52?/m0/s1. The molecule has 290 valence electrons. The third-order valence-electron chi connectivity index (χ3n) is 16.1. The molecule has 4 aromatic carbocycles. The number of fused-ring (bicyclic) bond motifs is 8. The van der Waals surface area contributed by atoms with Gasteiger partial charge in [-0.15, -0.1) is 11.3 Å². The molecule has 13 rings (SSSR count). The Labute approximate surface area is 348 Å². The van der Waals surface area contributed by atoms with E-state index in [1.807, 2.05) is 11.3 Å². The molecule has 0 N–H and O–H groups in total. The number of hydrogen-bond acceptors (Lipinski definition) is 5. The van der Waals surface area contributed by atoms with Crippen molar-refractivity contribution in [2.75, 3.05) is 0 Å². The number of thiophene rings is 1. The Hall–Kier alpha value is -5.66.